The molecule has 21 heavy (non-hydrogen) atoms. The van der Waals surface area contributed by atoms with Crippen LogP contribution in [0.4, 0.5) is 0 Å². The van der Waals surface area contributed by atoms with Crippen LogP contribution in [0.15, 0.2) is 24.3 Å². The first kappa shape index (κ1) is 15.6. The molecular formula is C16H18ClNO3. The van der Waals surface area contributed by atoms with E-state index in [1.807, 2.05) is 4.90 Å². The van der Waals surface area contributed by atoms with Crippen LogP contribution in [0.2, 0.25) is 5.02 Å². The molecule has 0 spiro atoms. The third-order valence-corrected chi connectivity index (χ3v) is 3.92. The number of carbonyl (C=O) groups excluding carboxylic acids is 1. The van der Waals surface area contributed by atoms with Gasteiger partial charge in [0.1, 0.15) is 0 Å². The fourth-order valence-electron chi connectivity index (χ4n) is 2.51. The third kappa shape index (κ3) is 4.08. The van der Waals surface area contributed by atoms with Crippen molar-refractivity contribution in [3.8, 4) is 0 Å². The normalized spacial score (nSPS) is 19.0. The number of hydrogen-bond acceptors (Lipinski definition) is 2. The molecule has 0 radical (unpaired) electrons. The summed E-state index contributed by atoms with van der Waals surface area (Å²) in [6.45, 7) is 3.70. The molecule has 5 heteroatoms. The zero-order valence-electron chi connectivity index (χ0n) is 11.9. The number of piperidine rings is 1. The van der Waals surface area contributed by atoms with Gasteiger partial charge >= 0.3 is 5.97 Å². The van der Waals surface area contributed by atoms with Gasteiger partial charge in [-0.25, -0.2) is 4.79 Å². The number of hydrogen-bond donors (Lipinski definition) is 1. The highest BCUT2D eigenvalue weighted by Crippen LogP contribution is 2.22. The van der Waals surface area contributed by atoms with Gasteiger partial charge in [-0.1, -0.05) is 24.6 Å². The molecule has 0 aliphatic carbocycles. The largest absolute Gasteiger partial charge is 0.478 e. The van der Waals surface area contributed by atoms with Gasteiger partial charge < -0.3 is 10.0 Å². The molecule has 1 aliphatic rings. The minimum absolute atomic E-state index is 0.0165. The lowest BCUT2D eigenvalue weighted by atomic mass is 9.99. The Hall–Kier alpha value is -1.81. The Kier molecular flexibility index (Phi) is 5.02. The van der Waals surface area contributed by atoms with Crippen LogP contribution in [0.5, 0.6) is 0 Å². The van der Waals surface area contributed by atoms with E-state index >= 15 is 0 Å². The van der Waals surface area contributed by atoms with Gasteiger partial charge in [-0.3, -0.25) is 4.79 Å². The molecule has 1 aliphatic heterocycles. The van der Waals surface area contributed by atoms with E-state index in [1.54, 1.807) is 18.2 Å². The number of nitrogens with zero attached hydrogens (tertiary/aromatic N) is 1. The van der Waals surface area contributed by atoms with Crippen molar-refractivity contribution < 1.29 is 14.7 Å². The molecule has 4 nitrogen and oxygen atoms in total. The number of amides is 1. The Morgan fingerprint density at radius 2 is 2.19 bits per heavy atom. The predicted octanol–water partition coefficient (Wildman–Crippen LogP) is 3.31. The lowest BCUT2D eigenvalue weighted by molar-refractivity contribution is -0.131. The van der Waals surface area contributed by atoms with Gasteiger partial charge in [-0.05, 0) is 42.5 Å². The molecular weight excluding hydrogens is 290 g/mol. The topological polar surface area (TPSA) is 57.6 Å². The molecule has 1 amide bonds. The van der Waals surface area contributed by atoms with E-state index in [9.17, 15) is 9.59 Å². The maximum Gasteiger partial charge on any atom is 0.328 e. The van der Waals surface area contributed by atoms with Crippen molar-refractivity contribution >= 4 is 29.6 Å². The van der Waals surface area contributed by atoms with Crippen molar-refractivity contribution in [1.29, 1.82) is 0 Å². The van der Waals surface area contributed by atoms with Gasteiger partial charge in [0.15, 0.2) is 0 Å². The summed E-state index contributed by atoms with van der Waals surface area (Å²) in [6.07, 6.45) is 4.63. The van der Waals surface area contributed by atoms with Crippen LogP contribution in [0.1, 0.15) is 35.7 Å². The summed E-state index contributed by atoms with van der Waals surface area (Å²) in [6, 6.07) is 4.96. The van der Waals surface area contributed by atoms with E-state index in [0.717, 1.165) is 32.0 Å². The van der Waals surface area contributed by atoms with Crippen molar-refractivity contribution in [2.24, 2.45) is 5.92 Å². The molecule has 1 aromatic rings. The summed E-state index contributed by atoms with van der Waals surface area (Å²) in [5.74, 6) is -0.526. The predicted molar refractivity (Wildman–Crippen MR) is 82.4 cm³/mol. The third-order valence-electron chi connectivity index (χ3n) is 3.60. The highest BCUT2D eigenvalue weighted by molar-refractivity contribution is 6.32. The minimum atomic E-state index is -1.03. The first-order valence-corrected chi connectivity index (χ1v) is 7.35. The Morgan fingerprint density at radius 3 is 2.81 bits per heavy atom. The van der Waals surface area contributed by atoms with E-state index in [1.165, 1.54) is 6.08 Å². The Morgan fingerprint density at radius 1 is 1.43 bits per heavy atom. The number of aliphatic carboxylic acids is 1. The molecule has 1 N–H and O–H groups in total. The Labute approximate surface area is 129 Å². The average Bonchev–Trinajstić information content (AvgIpc) is 2.45. The zero-order chi connectivity index (χ0) is 15.4. The van der Waals surface area contributed by atoms with Crippen LogP contribution in [0.3, 0.4) is 0 Å². The number of rotatable bonds is 3. The molecule has 112 valence electrons. The van der Waals surface area contributed by atoms with E-state index in [4.69, 9.17) is 16.7 Å². The van der Waals surface area contributed by atoms with Gasteiger partial charge in [-0.2, -0.15) is 0 Å². The van der Waals surface area contributed by atoms with Crippen molar-refractivity contribution in [3.05, 3.63) is 40.4 Å². The summed E-state index contributed by atoms with van der Waals surface area (Å²) < 4.78 is 0. The van der Waals surface area contributed by atoms with Crippen LogP contribution < -0.4 is 0 Å². The van der Waals surface area contributed by atoms with Crippen LogP contribution in [-0.4, -0.2) is 35.0 Å². The lowest BCUT2D eigenvalue weighted by Crippen LogP contribution is -2.39. The maximum atomic E-state index is 12.4. The van der Waals surface area contributed by atoms with Gasteiger partial charge in [0.2, 0.25) is 0 Å². The van der Waals surface area contributed by atoms with Gasteiger partial charge in [0.05, 0.1) is 0 Å². The summed E-state index contributed by atoms with van der Waals surface area (Å²) in [7, 11) is 0. The Bertz CT molecular complexity index is 583. The van der Waals surface area contributed by atoms with Crippen molar-refractivity contribution in [2.45, 2.75) is 19.8 Å². The quantitative estimate of drug-likeness (QED) is 0.872. The second kappa shape index (κ2) is 6.76. The lowest BCUT2D eigenvalue weighted by Gasteiger charge is -2.31. The zero-order valence-corrected chi connectivity index (χ0v) is 12.6. The molecule has 1 saturated heterocycles. The summed E-state index contributed by atoms with van der Waals surface area (Å²) in [5.41, 5.74) is 1.13. The molecule has 0 bridgehead atoms. The van der Waals surface area contributed by atoms with E-state index in [-0.39, 0.29) is 5.91 Å². The van der Waals surface area contributed by atoms with Gasteiger partial charge in [0.25, 0.3) is 5.91 Å². The average molecular weight is 308 g/mol. The smallest absolute Gasteiger partial charge is 0.328 e. The fraction of sp³-hybridized carbons (Fsp3) is 0.375. The number of halogens is 1. The van der Waals surface area contributed by atoms with E-state index in [2.05, 4.69) is 6.92 Å². The Balaban J connectivity index is 2.15. The SMILES string of the molecule is CC1CCCN(C(=O)c2ccc(/C=C/C(=O)O)c(Cl)c2)C1. The molecule has 1 unspecified atom stereocenters. The monoisotopic (exact) mass is 307 g/mol. The highest BCUT2D eigenvalue weighted by atomic mass is 35.5. The molecule has 0 saturated carbocycles. The maximum absolute atomic E-state index is 12.4. The first-order chi connectivity index (χ1) is 9.97. The molecule has 2 rings (SSSR count). The molecule has 1 heterocycles. The van der Waals surface area contributed by atoms with Gasteiger partial charge in [0, 0.05) is 29.8 Å². The summed E-state index contributed by atoms with van der Waals surface area (Å²) in [5, 5.41) is 8.99. The molecule has 0 aromatic heterocycles. The molecule has 1 atom stereocenters. The number of benzene rings is 1. The molecule has 1 aromatic carbocycles. The highest BCUT2D eigenvalue weighted by Gasteiger charge is 2.22. The number of carbonyl (C=O) groups is 2. The minimum Gasteiger partial charge on any atom is -0.478 e. The fourth-order valence-corrected chi connectivity index (χ4v) is 2.76. The first-order valence-electron chi connectivity index (χ1n) is 6.97. The summed E-state index contributed by atoms with van der Waals surface area (Å²) in [4.78, 5) is 24.8. The van der Waals surface area contributed by atoms with Crippen LogP contribution in [0, 0.1) is 5.92 Å². The van der Waals surface area contributed by atoms with Crippen molar-refractivity contribution in [3.63, 3.8) is 0 Å². The van der Waals surface area contributed by atoms with Gasteiger partial charge in [-0.15, -0.1) is 0 Å². The van der Waals surface area contributed by atoms with Crippen LogP contribution >= 0.6 is 11.6 Å². The number of carboxylic acid groups (broad SMARTS) is 1. The second-order valence-electron chi connectivity index (χ2n) is 5.41. The van der Waals surface area contributed by atoms with Crippen LogP contribution in [-0.2, 0) is 4.79 Å². The number of carboxylic acids is 1. The van der Waals surface area contributed by atoms with Crippen LogP contribution in [0.25, 0.3) is 6.08 Å². The van der Waals surface area contributed by atoms with Crippen molar-refractivity contribution in [1.82, 2.24) is 4.90 Å². The van der Waals surface area contributed by atoms with Crippen molar-refractivity contribution in [2.75, 3.05) is 13.1 Å². The van der Waals surface area contributed by atoms with E-state index < -0.39 is 5.97 Å². The summed E-state index contributed by atoms with van der Waals surface area (Å²) >= 11 is 6.11. The molecule has 1 fully saturated rings. The van der Waals surface area contributed by atoms with E-state index in [0.29, 0.717) is 22.1 Å². The standard InChI is InChI=1S/C16H18ClNO3/c1-11-3-2-8-18(10-11)16(21)13-5-4-12(14(17)9-13)6-7-15(19)20/h4-7,9,11H,2-3,8,10H2,1H3,(H,19,20)/b7-6+. The second-order valence-corrected chi connectivity index (χ2v) is 5.81. The number of likely N-dealkylation sites (tertiary alicyclic amines) is 1.